The van der Waals surface area contributed by atoms with Crippen LogP contribution in [0.25, 0.3) is 0 Å². The third-order valence-electron chi connectivity index (χ3n) is 5.78. The van der Waals surface area contributed by atoms with Crippen molar-refractivity contribution < 1.29 is 18.7 Å². The first-order chi connectivity index (χ1) is 15.0. The number of carbonyl (C=O) groups is 2. The molecule has 0 saturated carbocycles. The van der Waals surface area contributed by atoms with E-state index in [4.69, 9.17) is 4.74 Å². The van der Waals surface area contributed by atoms with E-state index in [1.807, 2.05) is 43.0 Å². The summed E-state index contributed by atoms with van der Waals surface area (Å²) in [5.41, 5.74) is 1.79. The number of para-hydroxylation sites is 1. The van der Waals surface area contributed by atoms with Gasteiger partial charge in [0.1, 0.15) is 11.6 Å². The third-order valence-corrected chi connectivity index (χ3v) is 5.78. The van der Waals surface area contributed by atoms with E-state index in [9.17, 15) is 14.0 Å². The Kier molecular flexibility index (Phi) is 8.04. The van der Waals surface area contributed by atoms with Gasteiger partial charge in [-0.05, 0) is 48.9 Å². The van der Waals surface area contributed by atoms with Gasteiger partial charge in [-0.25, -0.2) is 4.39 Å². The number of benzene rings is 2. The van der Waals surface area contributed by atoms with Crippen molar-refractivity contribution in [2.75, 3.05) is 19.7 Å². The fraction of sp³-hybridized carbons (Fsp3) is 0.440. The van der Waals surface area contributed by atoms with Crippen LogP contribution in [0.2, 0.25) is 0 Å². The number of hydrogen-bond acceptors (Lipinski definition) is 3. The van der Waals surface area contributed by atoms with Crippen LogP contribution < -0.4 is 10.1 Å². The molecule has 2 aromatic carbocycles. The minimum absolute atomic E-state index is 0.00231. The monoisotopic (exact) mass is 426 g/mol. The van der Waals surface area contributed by atoms with Crippen molar-refractivity contribution in [1.82, 2.24) is 10.2 Å². The third kappa shape index (κ3) is 6.29. The Balaban J connectivity index is 1.61. The Morgan fingerprint density at radius 2 is 1.77 bits per heavy atom. The van der Waals surface area contributed by atoms with Crippen LogP contribution in [0.5, 0.6) is 5.75 Å². The summed E-state index contributed by atoms with van der Waals surface area (Å²) in [5, 5.41) is 3.09. The molecule has 3 rings (SSSR count). The van der Waals surface area contributed by atoms with E-state index in [1.165, 1.54) is 12.1 Å². The highest BCUT2D eigenvalue weighted by Crippen LogP contribution is 2.28. The van der Waals surface area contributed by atoms with Gasteiger partial charge < -0.3 is 15.0 Å². The summed E-state index contributed by atoms with van der Waals surface area (Å²) in [6.45, 7) is 5.55. The van der Waals surface area contributed by atoms with Crippen molar-refractivity contribution >= 4 is 11.8 Å². The number of halogens is 1. The molecule has 1 aliphatic rings. The van der Waals surface area contributed by atoms with Crippen LogP contribution in [-0.4, -0.2) is 36.4 Å². The van der Waals surface area contributed by atoms with E-state index in [0.29, 0.717) is 18.6 Å². The fourth-order valence-electron chi connectivity index (χ4n) is 3.94. The van der Waals surface area contributed by atoms with Gasteiger partial charge in [0.15, 0.2) is 6.61 Å². The van der Waals surface area contributed by atoms with Crippen molar-refractivity contribution in [3.05, 3.63) is 65.5 Å². The van der Waals surface area contributed by atoms with Crippen molar-refractivity contribution in [2.45, 2.75) is 51.5 Å². The van der Waals surface area contributed by atoms with Crippen LogP contribution in [-0.2, 0) is 9.59 Å². The quantitative estimate of drug-likeness (QED) is 0.638. The normalized spacial score (nSPS) is 15.4. The second-order valence-corrected chi connectivity index (χ2v) is 8.10. The predicted molar refractivity (Wildman–Crippen MR) is 118 cm³/mol. The number of likely N-dealkylation sites (tertiary alicyclic amines) is 1. The van der Waals surface area contributed by atoms with E-state index >= 15 is 0 Å². The van der Waals surface area contributed by atoms with Crippen molar-refractivity contribution in [3.63, 3.8) is 0 Å². The second kappa shape index (κ2) is 10.9. The lowest BCUT2D eigenvalue weighted by molar-refractivity contribution is -0.132. The summed E-state index contributed by atoms with van der Waals surface area (Å²) < 4.78 is 19.0. The zero-order valence-corrected chi connectivity index (χ0v) is 18.3. The van der Waals surface area contributed by atoms with E-state index in [0.717, 1.165) is 37.1 Å². The Morgan fingerprint density at radius 3 is 2.45 bits per heavy atom. The van der Waals surface area contributed by atoms with Gasteiger partial charge >= 0.3 is 0 Å². The number of nitrogens with one attached hydrogen (secondary N) is 1. The van der Waals surface area contributed by atoms with Gasteiger partial charge in [-0.2, -0.15) is 0 Å². The summed E-state index contributed by atoms with van der Waals surface area (Å²) in [4.78, 5) is 26.9. The van der Waals surface area contributed by atoms with Gasteiger partial charge in [0.25, 0.3) is 5.91 Å². The lowest BCUT2D eigenvalue weighted by atomic mass is 9.96. The molecule has 0 radical (unpaired) electrons. The molecule has 2 atom stereocenters. The lowest BCUT2D eigenvalue weighted by Gasteiger charge is -2.22. The fourth-order valence-corrected chi connectivity index (χ4v) is 3.94. The van der Waals surface area contributed by atoms with Crippen LogP contribution >= 0.6 is 0 Å². The molecule has 1 saturated heterocycles. The number of rotatable bonds is 9. The lowest BCUT2D eigenvalue weighted by Crippen LogP contribution is -2.33. The average Bonchev–Trinajstić information content (AvgIpc) is 3.31. The Hall–Kier alpha value is -2.89. The minimum atomic E-state index is -0.286. The number of nitrogens with zero attached hydrogens (tertiary/aromatic N) is 1. The van der Waals surface area contributed by atoms with E-state index in [-0.39, 0.29) is 36.2 Å². The van der Waals surface area contributed by atoms with Crippen LogP contribution in [0, 0.1) is 5.82 Å². The molecule has 1 aliphatic heterocycles. The zero-order valence-electron chi connectivity index (χ0n) is 18.3. The van der Waals surface area contributed by atoms with Gasteiger partial charge in [-0.15, -0.1) is 0 Å². The molecular weight excluding hydrogens is 395 g/mol. The highest BCUT2D eigenvalue weighted by atomic mass is 19.1. The standard InChI is InChI=1S/C25H31FN2O3/c1-3-22(27-24(29)16-18(2)19-10-12-20(26)13-11-19)21-8-4-5-9-23(21)31-17-25(30)28-14-6-7-15-28/h4-5,8-13,18,22H,3,6-7,14-17H2,1-2H3,(H,27,29). The van der Waals surface area contributed by atoms with Crippen LogP contribution in [0.15, 0.2) is 48.5 Å². The second-order valence-electron chi connectivity index (χ2n) is 8.10. The van der Waals surface area contributed by atoms with E-state index < -0.39 is 0 Å². The molecular formula is C25H31FN2O3. The smallest absolute Gasteiger partial charge is 0.260 e. The SMILES string of the molecule is CCC(NC(=O)CC(C)c1ccc(F)cc1)c1ccccc1OCC(=O)N1CCCC1. The Labute approximate surface area is 183 Å². The number of amides is 2. The molecule has 0 spiro atoms. The molecule has 2 aromatic rings. The molecule has 0 aromatic heterocycles. The summed E-state index contributed by atoms with van der Waals surface area (Å²) in [6, 6.07) is 13.6. The molecule has 1 heterocycles. The molecule has 1 N–H and O–H groups in total. The van der Waals surface area contributed by atoms with Gasteiger partial charge in [0.2, 0.25) is 5.91 Å². The number of hydrogen-bond donors (Lipinski definition) is 1. The maximum absolute atomic E-state index is 13.1. The van der Waals surface area contributed by atoms with E-state index in [1.54, 1.807) is 12.1 Å². The van der Waals surface area contributed by atoms with Crippen molar-refractivity contribution in [2.24, 2.45) is 0 Å². The van der Waals surface area contributed by atoms with Gasteiger partial charge in [0.05, 0.1) is 6.04 Å². The largest absolute Gasteiger partial charge is 0.483 e. The van der Waals surface area contributed by atoms with Crippen LogP contribution in [0.1, 0.15) is 62.6 Å². The molecule has 6 heteroatoms. The molecule has 0 bridgehead atoms. The summed E-state index contributed by atoms with van der Waals surface area (Å²) in [5.74, 6) is 0.229. The van der Waals surface area contributed by atoms with Crippen LogP contribution in [0.4, 0.5) is 4.39 Å². The molecule has 0 aliphatic carbocycles. The first-order valence-electron chi connectivity index (χ1n) is 11.0. The summed E-state index contributed by atoms with van der Waals surface area (Å²) in [7, 11) is 0. The summed E-state index contributed by atoms with van der Waals surface area (Å²) in [6.07, 6.45) is 3.08. The highest BCUT2D eigenvalue weighted by molar-refractivity contribution is 5.78. The molecule has 166 valence electrons. The Morgan fingerprint density at radius 1 is 1.10 bits per heavy atom. The van der Waals surface area contributed by atoms with Gasteiger partial charge in [-0.1, -0.05) is 44.2 Å². The van der Waals surface area contributed by atoms with Gasteiger partial charge in [-0.3, -0.25) is 9.59 Å². The average molecular weight is 427 g/mol. The van der Waals surface area contributed by atoms with Crippen molar-refractivity contribution in [3.8, 4) is 5.75 Å². The molecule has 2 amide bonds. The topological polar surface area (TPSA) is 58.6 Å². The molecule has 31 heavy (non-hydrogen) atoms. The van der Waals surface area contributed by atoms with Gasteiger partial charge in [0, 0.05) is 25.1 Å². The molecule has 2 unspecified atom stereocenters. The number of carbonyl (C=O) groups excluding carboxylic acids is 2. The predicted octanol–water partition coefficient (Wildman–Crippen LogP) is 4.59. The summed E-state index contributed by atoms with van der Waals surface area (Å²) >= 11 is 0. The highest BCUT2D eigenvalue weighted by Gasteiger charge is 2.21. The first kappa shape index (κ1) is 22.8. The number of ether oxygens (including phenoxy) is 1. The molecule has 1 fully saturated rings. The first-order valence-corrected chi connectivity index (χ1v) is 11.0. The van der Waals surface area contributed by atoms with Crippen LogP contribution in [0.3, 0.4) is 0 Å². The maximum Gasteiger partial charge on any atom is 0.260 e. The Bertz CT molecular complexity index is 879. The minimum Gasteiger partial charge on any atom is -0.483 e. The van der Waals surface area contributed by atoms with Crippen molar-refractivity contribution in [1.29, 1.82) is 0 Å². The molecule has 5 nitrogen and oxygen atoms in total. The zero-order chi connectivity index (χ0) is 22.2. The van der Waals surface area contributed by atoms with E-state index in [2.05, 4.69) is 5.32 Å². The maximum atomic E-state index is 13.1.